The maximum absolute atomic E-state index is 11.6. The Morgan fingerprint density at radius 1 is 1.50 bits per heavy atom. The second-order valence-corrected chi connectivity index (χ2v) is 4.82. The number of esters is 1. The monoisotopic (exact) mass is 196 g/mol. The van der Waals surface area contributed by atoms with Crippen molar-refractivity contribution in [1.29, 1.82) is 0 Å². The fourth-order valence-corrected chi connectivity index (χ4v) is 1.86. The van der Waals surface area contributed by atoms with E-state index in [1.165, 1.54) is 12.0 Å². The average molecular weight is 196 g/mol. The van der Waals surface area contributed by atoms with Crippen molar-refractivity contribution in [3.05, 3.63) is 11.1 Å². The zero-order valence-corrected chi connectivity index (χ0v) is 9.64. The normalized spacial score (nSPS) is 20.9. The lowest BCUT2D eigenvalue weighted by Crippen LogP contribution is -2.23. The summed E-state index contributed by atoms with van der Waals surface area (Å²) in [5.74, 6) is -0.113. The molecule has 0 saturated heterocycles. The molecule has 1 aliphatic carbocycles. The first-order valence-electron chi connectivity index (χ1n) is 5.32. The van der Waals surface area contributed by atoms with Crippen molar-refractivity contribution in [3.8, 4) is 0 Å². The van der Waals surface area contributed by atoms with Crippen LogP contribution < -0.4 is 0 Å². The van der Waals surface area contributed by atoms with Crippen molar-refractivity contribution < 1.29 is 9.53 Å². The Morgan fingerprint density at radius 3 is 2.71 bits per heavy atom. The molecule has 1 aliphatic rings. The van der Waals surface area contributed by atoms with Crippen LogP contribution in [0.5, 0.6) is 0 Å². The summed E-state index contributed by atoms with van der Waals surface area (Å²) < 4.78 is 5.05. The summed E-state index contributed by atoms with van der Waals surface area (Å²) >= 11 is 0. The highest BCUT2D eigenvalue weighted by Crippen LogP contribution is 2.38. The number of rotatable bonds is 2. The van der Waals surface area contributed by atoms with Crippen LogP contribution in [0.1, 0.15) is 47.0 Å². The SMILES string of the molecule is CCOC(=O)C1=C(C)CCC(C)(C)C1. The molecule has 0 bridgehead atoms. The van der Waals surface area contributed by atoms with E-state index in [1.54, 1.807) is 0 Å². The van der Waals surface area contributed by atoms with Gasteiger partial charge in [-0.3, -0.25) is 0 Å². The lowest BCUT2D eigenvalue weighted by Gasteiger charge is -2.31. The predicted octanol–water partition coefficient (Wildman–Crippen LogP) is 3.08. The molecule has 0 spiro atoms. The molecule has 2 heteroatoms. The molecule has 0 saturated carbocycles. The topological polar surface area (TPSA) is 26.3 Å². The second kappa shape index (κ2) is 4.16. The summed E-state index contributed by atoms with van der Waals surface area (Å²) in [5, 5.41) is 0. The Labute approximate surface area is 86.3 Å². The fraction of sp³-hybridized carbons (Fsp3) is 0.750. The smallest absolute Gasteiger partial charge is 0.333 e. The van der Waals surface area contributed by atoms with Crippen LogP contribution >= 0.6 is 0 Å². The van der Waals surface area contributed by atoms with E-state index in [2.05, 4.69) is 13.8 Å². The first-order valence-corrected chi connectivity index (χ1v) is 5.32. The van der Waals surface area contributed by atoms with Crippen LogP contribution in [0.4, 0.5) is 0 Å². The number of carbonyl (C=O) groups excluding carboxylic acids is 1. The van der Waals surface area contributed by atoms with E-state index >= 15 is 0 Å². The molecule has 0 aromatic rings. The van der Waals surface area contributed by atoms with Crippen molar-refractivity contribution >= 4 is 5.97 Å². The molecule has 80 valence electrons. The van der Waals surface area contributed by atoms with Gasteiger partial charge >= 0.3 is 5.97 Å². The first-order chi connectivity index (χ1) is 6.46. The van der Waals surface area contributed by atoms with Gasteiger partial charge in [0.1, 0.15) is 0 Å². The summed E-state index contributed by atoms with van der Waals surface area (Å²) in [6.45, 7) is 8.77. The highest BCUT2D eigenvalue weighted by atomic mass is 16.5. The molecule has 0 amide bonds. The van der Waals surface area contributed by atoms with E-state index in [-0.39, 0.29) is 11.4 Å². The van der Waals surface area contributed by atoms with Crippen LogP contribution in [-0.4, -0.2) is 12.6 Å². The maximum Gasteiger partial charge on any atom is 0.333 e. The molecule has 0 radical (unpaired) electrons. The van der Waals surface area contributed by atoms with Gasteiger partial charge in [-0.25, -0.2) is 4.79 Å². The molecule has 0 unspecified atom stereocenters. The van der Waals surface area contributed by atoms with Gasteiger partial charge in [0.25, 0.3) is 0 Å². The highest BCUT2D eigenvalue weighted by molar-refractivity contribution is 5.89. The van der Waals surface area contributed by atoms with Crippen LogP contribution in [0.3, 0.4) is 0 Å². The molecule has 0 atom stereocenters. The first kappa shape index (κ1) is 11.3. The van der Waals surface area contributed by atoms with E-state index in [0.29, 0.717) is 6.61 Å². The van der Waals surface area contributed by atoms with Crippen molar-refractivity contribution in [3.63, 3.8) is 0 Å². The number of hydrogen-bond donors (Lipinski definition) is 0. The Balaban J connectivity index is 2.79. The van der Waals surface area contributed by atoms with Crippen LogP contribution in [0, 0.1) is 5.41 Å². The molecule has 2 nitrogen and oxygen atoms in total. The zero-order chi connectivity index (χ0) is 10.8. The number of ether oxygens (including phenoxy) is 1. The van der Waals surface area contributed by atoms with Crippen LogP contribution in [0.15, 0.2) is 11.1 Å². The molecule has 0 heterocycles. The third-order valence-electron chi connectivity index (χ3n) is 2.87. The lowest BCUT2D eigenvalue weighted by molar-refractivity contribution is -0.139. The van der Waals surface area contributed by atoms with Crippen molar-refractivity contribution in [2.24, 2.45) is 5.41 Å². The predicted molar refractivity (Wildman–Crippen MR) is 57.0 cm³/mol. The van der Waals surface area contributed by atoms with E-state index in [0.717, 1.165) is 18.4 Å². The third kappa shape index (κ3) is 2.60. The molecule has 0 fully saturated rings. The number of allylic oxidation sites excluding steroid dienone is 1. The molecular formula is C12H20O2. The standard InChI is InChI=1S/C12H20O2/c1-5-14-11(13)10-8-12(3,4)7-6-9(10)2/h5-8H2,1-4H3. The largest absolute Gasteiger partial charge is 0.463 e. The van der Waals surface area contributed by atoms with Crippen molar-refractivity contribution in [2.75, 3.05) is 6.61 Å². The minimum Gasteiger partial charge on any atom is -0.463 e. The number of carbonyl (C=O) groups is 1. The van der Waals surface area contributed by atoms with Crippen LogP contribution in [0.25, 0.3) is 0 Å². The second-order valence-electron chi connectivity index (χ2n) is 4.82. The van der Waals surface area contributed by atoms with Gasteiger partial charge in [0.15, 0.2) is 0 Å². The Bertz CT molecular complexity index is 261. The van der Waals surface area contributed by atoms with Gasteiger partial charge < -0.3 is 4.74 Å². The Hall–Kier alpha value is -0.790. The molecule has 0 aromatic heterocycles. The maximum atomic E-state index is 11.6. The van der Waals surface area contributed by atoms with Crippen LogP contribution in [0.2, 0.25) is 0 Å². The van der Waals surface area contributed by atoms with E-state index < -0.39 is 0 Å². The summed E-state index contributed by atoms with van der Waals surface area (Å²) in [6.07, 6.45) is 3.06. The summed E-state index contributed by atoms with van der Waals surface area (Å²) in [5.41, 5.74) is 2.37. The quantitative estimate of drug-likeness (QED) is 0.634. The lowest BCUT2D eigenvalue weighted by atomic mass is 9.74. The van der Waals surface area contributed by atoms with E-state index in [9.17, 15) is 4.79 Å². The average Bonchev–Trinajstić information content (AvgIpc) is 2.10. The Morgan fingerprint density at radius 2 is 2.14 bits per heavy atom. The fourth-order valence-electron chi connectivity index (χ4n) is 1.86. The molecule has 0 N–H and O–H groups in total. The summed E-state index contributed by atoms with van der Waals surface area (Å²) in [6, 6.07) is 0. The van der Waals surface area contributed by atoms with Crippen molar-refractivity contribution in [2.45, 2.75) is 47.0 Å². The van der Waals surface area contributed by atoms with Crippen molar-refractivity contribution in [1.82, 2.24) is 0 Å². The summed E-state index contributed by atoms with van der Waals surface area (Å²) in [4.78, 5) is 11.6. The summed E-state index contributed by atoms with van der Waals surface area (Å²) in [7, 11) is 0. The van der Waals surface area contributed by atoms with Crippen LogP contribution in [-0.2, 0) is 9.53 Å². The Kier molecular flexibility index (Phi) is 3.35. The van der Waals surface area contributed by atoms with Gasteiger partial charge in [-0.1, -0.05) is 19.4 Å². The minimum atomic E-state index is -0.113. The number of hydrogen-bond acceptors (Lipinski definition) is 2. The minimum absolute atomic E-state index is 0.113. The zero-order valence-electron chi connectivity index (χ0n) is 9.64. The molecule has 1 rings (SSSR count). The molecule has 14 heavy (non-hydrogen) atoms. The molecule has 0 aromatic carbocycles. The molecule has 0 aliphatic heterocycles. The van der Waals surface area contributed by atoms with Gasteiger partial charge in [0.05, 0.1) is 6.61 Å². The van der Waals surface area contributed by atoms with Gasteiger partial charge in [-0.2, -0.15) is 0 Å². The van der Waals surface area contributed by atoms with Gasteiger partial charge in [0.2, 0.25) is 0 Å². The third-order valence-corrected chi connectivity index (χ3v) is 2.87. The van der Waals surface area contributed by atoms with E-state index in [1.807, 2.05) is 13.8 Å². The van der Waals surface area contributed by atoms with E-state index in [4.69, 9.17) is 4.74 Å². The van der Waals surface area contributed by atoms with Gasteiger partial charge in [-0.15, -0.1) is 0 Å². The molecular weight excluding hydrogens is 176 g/mol. The van der Waals surface area contributed by atoms with Gasteiger partial charge in [0, 0.05) is 5.57 Å². The highest BCUT2D eigenvalue weighted by Gasteiger charge is 2.29. The van der Waals surface area contributed by atoms with Gasteiger partial charge in [-0.05, 0) is 38.5 Å².